The minimum absolute atomic E-state index is 0.0245. The van der Waals surface area contributed by atoms with E-state index < -0.39 is 47.5 Å². The number of aliphatic hydroxyl groups is 4. The molecule has 194 valence electrons. The number of rotatable bonds is 7. The van der Waals surface area contributed by atoms with Crippen LogP contribution in [-0.2, 0) is 6.18 Å². The molecule has 8 atom stereocenters. The average Bonchev–Trinajstić information content (AvgIpc) is 3.21. The van der Waals surface area contributed by atoms with Crippen molar-refractivity contribution in [3.05, 3.63) is 35.1 Å². The summed E-state index contributed by atoms with van der Waals surface area (Å²) < 4.78 is 52.9. The molecule has 1 aromatic carbocycles. The molecule has 2 fully saturated rings. The Morgan fingerprint density at radius 3 is 2.47 bits per heavy atom. The van der Waals surface area contributed by atoms with Gasteiger partial charge in [0.25, 0.3) is 0 Å². The molecule has 2 heterocycles. The van der Waals surface area contributed by atoms with E-state index in [0.29, 0.717) is 31.8 Å². The molecular weight excluding hydrogens is 460 g/mol. The number of nitrogens with two attached hydrogens (primary N) is 1. The van der Waals surface area contributed by atoms with Gasteiger partial charge in [0.2, 0.25) is 0 Å². The molecule has 0 bridgehead atoms. The molecular formula is C22H34F4N4O4. The van der Waals surface area contributed by atoms with Crippen molar-refractivity contribution in [2.45, 2.75) is 69.7 Å². The van der Waals surface area contributed by atoms with Crippen LogP contribution in [0.25, 0.3) is 0 Å². The summed E-state index contributed by atoms with van der Waals surface area (Å²) in [6, 6.07) is 2.06. The maximum absolute atomic E-state index is 13.6. The first-order chi connectivity index (χ1) is 15.7. The number of nitrogens with one attached hydrogen (secondary N) is 1. The number of hydrogen-bond donors (Lipinski definition) is 6. The maximum Gasteiger partial charge on any atom is 0.419 e. The van der Waals surface area contributed by atoms with Gasteiger partial charge in [-0.1, -0.05) is 19.9 Å². The summed E-state index contributed by atoms with van der Waals surface area (Å²) in [4.78, 5) is 3.63. The average molecular weight is 495 g/mol. The van der Waals surface area contributed by atoms with Crippen molar-refractivity contribution in [2.75, 3.05) is 19.8 Å². The van der Waals surface area contributed by atoms with E-state index >= 15 is 0 Å². The second-order valence-electron chi connectivity index (χ2n) is 9.45. The topological polar surface area (TPSA) is 125 Å². The number of alkyl halides is 3. The molecule has 34 heavy (non-hydrogen) atoms. The van der Waals surface area contributed by atoms with Crippen LogP contribution in [0.4, 0.5) is 17.6 Å². The van der Waals surface area contributed by atoms with Gasteiger partial charge in [0.1, 0.15) is 18.1 Å². The van der Waals surface area contributed by atoms with Gasteiger partial charge in [-0.15, -0.1) is 0 Å². The lowest BCUT2D eigenvalue weighted by Gasteiger charge is -2.46. The molecule has 7 N–H and O–H groups in total. The number of likely N-dealkylation sites (tertiary alicyclic amines) is 1. The van der Waals surface area contributed by atoms with E-state index in [2.05, 4.69) is 5.32 Å². The van der Waals surface area contributed by atoms with E-state index in [4.69, 9.17) is 5.73 Å². The minimum Gasteiger partial charge on any atom is -0.388 e. The van der Waals surface area contributed by atoms with Gasteiger partial charge in [0, 0.05) is 18.4 Å². The third-order valence-electron chi connectivity index (χ3n) is 7.51. The van der Waals surface area contributed by atoms with E-state index in [9.17, 15) is 38.0 Å². The number of nitrogens with zero attached hydrogens (tertiary/aromatic N) is 2. The zero-order valence-electron chi connectivity index (χ0n) is 19.4. The molecule has 1 aromatic rings. The van der Waals surface area contributed by atoms with E-state index in [1.807, 2.05) is 11.8 Å². The van der Waals surface area contributed by atoms with Crippen LogP contribution in [0, 0.1) is 17.7 Å². The zero-order valence-corrected chi connectivity index (χ0v) is 19.4. The molecule has 3 unspecified atom stereocenters. The van der Waals surface area contributed by atoms with Crippen LogP contribution in [-0.4, -0.2) is 80.2 Å². The van der Waals surface area contributed by atoms with E-state index in [1.165, 1.54) is 13.8 Å². The van der Waals surface area contributed by atoms with Crippen LogP contribution in [0.5, 0.6) is 0 Å². The molecule has 3 rings (SSSR count). The quantitative estimate of drug-likeness (QED) is 0.307. The van der Waals surface area contributed by atoms with Crippen LogP contribution < -0.4 is 11.1 Å². The van der Waals surface area contributed by atoms with E-state index in [-0.39, 0.29) is 23.8 Å². The molecule has 2 aliphatic rings. The molecule has 0 aliphatic carbocycles. The fourth-order valence-electron chi connectivity index (χ4n) is 4.98. The Bertz CT molecular complexity index is 859. The Hall–Kier alpha value is -1.38. The molecule has 8 nitrogen and oxygen atoms in total. The molecule has 0 spiro atoms. The Kier molecular flexibility index (Phi) is 7.95. The van der Waals surface area contributed by atoms with Crippen LogP contribution in [0.1, 0.15) is 44.4 Å². The van der Waals surface area contributed by atoms with E-state index in [0.717, 1.165) is 12.6 Å². The molecule has 2 saturated heterocycles. The van der Waals surface area contributed by atoms with Gasteiger partial charge in [0.15, 0.2) is 0 Å². The first-order valence-corrected chi connectivity index (χ1v) is 11.3. The third kappa shape index (κ3) is 4.96. The van der Waals surface area contributed by atoms with Crippen LogP contribution in [0.3, 0.4) is 0 Å². The molecule has 0 saturated carbocycles. The Balaban J connectivity index is 1.76. The third-order valence-corrected chi connectivity index (χ3v) is 7.51. The summed E-state index contributed by atoms with van der Waals surface area (Å²) in [5, 5.41) is 46.9. The lowest BCUT2D eigenvalue weighted by Crippen LogP contribution is -2.67. The lowest BCUT2D eigenvalue weighted by molar-refractivity contribution is -0.200. The highest BCUT2D eigenvalue weighted by molar-refractivity contribution is 5.29. The highest BCUT2D eigenvalue weighted by Crippen LogP contribution is 2.39. The standard InChI is InChI=1S/C22H34F4N4O4/c1-4-29-10-28-19-13(18(29)27)7-8-30(19)20(33)17(32)21(3,34)11(2)16(31)12-5-6-15(23)14(9-12)22(24,25)26/h5-6,9,11,13,16-20,28,31-34H,4,7-8,10,27H2,1-3H3/t11-,13?,16+,17+,18?,19?,20-,21-/m1/s1. The largest absolute Gasteiger partial charge is 0.419 e. The fraction of sp³-hybridized carbons (Fsp3) is 0.727. The Morgan fingerprint density at radius 1 is 1.24 bits per heavy atom. The molecule has 2 aliphatic heterocycles. The molecule has 0 radical (unpaired) electrons. The second kappa shape index (κ2) is 9.94. The summed E-state index contributed by atoms with van der Waals surface area (Å²) in [7, 11) is 0. The predicted molar refractivity (Wildman–Crippen MR) is 115 cm³/mol. The predicted octanol–water partition coefficient (Wildman–Crippen LogP) is 0.760. The highest BCUT2D eigenvalue weighted by Gasteiger charge is 2.50. The SMILES string of the molecule is CCN1CNC2C(CCN2[C@H](O)[C@H](O)[C@](C)(O)[C@H](C)[C@H](O)c2ccc(F)c(C(F)(F)F)c2)C1N. The summed E-state index contributed by atoms with van der Waals surface area (Å²) in [5.74, 6) is -2.73. The van der Waals surface area contributed by atoms with Gasteiger partial charge in [-0.3, -0.25) is 15.1 Å². The monoisotopic (exact) mass is 494 g/mol. The van der Waals surface area contributed by atoms with Crippen molar-refractivity contribution in [2.24, 2.45) is 17.6 Å². The van der Waals surface area contributed by atoms with Crippen molar-refractivity contribution in [1.29, 1.82) is 0 Å². The lowest BCUT2D eigenvalue weighted by atomic mass is 9.78. The first-order valence-electron chi connectivity index (χ1n) is 11.3. The van der Waals surface area contributed by atoms with Crippen LogP contribution in [0.2, 0.25) is 0 Å². The van der Waals surface area contributed by atoms with Crippen molar-refractivity contribution in [3.8, 4) is 0 Å². The normalized spacial score (nSPS) is 29.8. The Morgan fingerprint density at radius 2 is 1.88 bits per heavy atom. The zero-order chi connectivity index (χ0) is 25.6. The summed E-state index contributed by atoms with van der Waals surface area (Å²) in [6.45, 7) is 6.12. The summed E-state index contributed by atoms with van der Waals surface area (Å²) in [5.41, 5.74) is 2.40. The van der Waals surface area contributed by atoms with Crippen LogP contribution >= 0.6 is 0 Å². The fourth-order valence-corrected chi connectivity index (χ4v) is 4.98. The maximum atomic E-state index is 13.6. The number of benzene rings is 1. The summed E-state index contributed by atoms with van der Waals surface area (Å²) >= 11 is 0. The molecule has 0 aromatic heterocycles. The van der Waals surface area contributed by atoms with Gasteiger partial charge in [-0.05, 0) is 37.6 Å². The number of aliphatic hydroxyl groups excluding tert-OH is 3. The van der Waals surface area contributed by atoms with Crippen molar-refractivity contribution in [3.63, 3.8) is 0 Å². The van der Waals surface area contributed by atoms with Gasteiger partial charge in [0.05, 0.1) is 36.3 Å². The van der Waals surface area contributed by atoms with Gasteiger partial charge in [-0.25, -0.2) is 4.39 Å². The smallest absolute Gasteiger partial charge is 0.388 e. The second-order valence-corrected chi connectivity index (χ2v) is 9.45. The first kappa shape index (κ1) is 27.2. The van der Waals surface area contributed by atoms with Crippen LogP contribution in [0.15, 0.2) is 18.2 Å². The number of halogens is 4. The summed E-state index contributed by atoms with van der Waals surface area (Å²) in [6.07, 6.45) is -9.89. The van der Waals surface area contributed by atoms with E-state index in [1.54, 1.807) is 4.90 Å². The van der Waals surface area contributed by atoms with Crippen molar-refractivity contribution < 1.29 is 38.0 Å². The van der Waals surface area contributed by atoms with Crippen molar-refractivity contribution >= 4 is 0 Å². The molecule has 0 amide bonds. The van der Waals surface area contributed by atoms with Gasteiger partial charge < -0.3 is 26.2 Å². The van der Waals surface area contributed by atoms with Gasteiger partial charge in [-0.2, -0.15) is 13.2 Å². The minimum atomic E-state index is -4.96. The molecule has 12 heteroatoms. The van der Waals surface area contributed by atoms with Crippen molar-refractivity contribution in [1.82, 2.24) is 15.1 Å². The van der Waals surface area contributed by atoms with Gasteiger partial charge >= 0.3 is 6.18 Å². The highest BCUT2D eigenvalue weighted by atomic mass is 19.4. The Labute approximate surface area is 196 Å². The number of fused-ring (bicyclic) bond motifs is 1. The number of hydrogen-bond acceptors (Lipinski definition) is 8.